The van der Waals surface area contributed by atoms with Gasteiger partial charge in [-0.3, -0.25) is 9.20 Å². The van der Waals surface area contributed by atoms with Gasteiger partial charge in [-0.1, -0.05) is 22.9 Å². The summed E-state index contributed by atoms with van der Waals surface area (Å²) in [6.45, 7) is 2.00. The SMILES string of the molecule is CCOC(=O)c1cn2c(=O)c(Cl)cnc2s1. The number of carbonyl (C=O) groups excluding carboxylic acids is 1. The summed E-state index contributed by atoms with van der Waals surface area (Å²) in [6.07, 6.45) is 2.66. The van der Waals surface area contributed by atoms with Crippen LogP contribution in [0.3, 0.4) is 0 Å². The van der Waals surface area contributed by atoms with Crippen LogP contribution in [0.4, 0.5) is 0 Å². The Bertz CT molecular complexity index is 604. The molecule has 0 atom stereocenters. The molecule has 0 radical (unpaired) electrons. The average Bonchev–Trinajstić information content (AvgIpc) is 2.69. The Morgan fingerprint density at radius 2 is 2.44 bits per heavy atom. The maximum Gasteiger partial charge on any atom is 0.349 e. The van der Waals surface area contributed by atoms with E-state index in [4.69, 9.17) is 16.3 Å². The van der Waals surface area contributed by atoms with E-state index in [2.05, 4.69) is 4.98 Å². The van der Waals surface area contributed by atoms with Crippen LogP contribution in [0.2, 0.25) is 5.02 Å². The monoisotopic (exact) mass is 258 g/mol. The first kappa shape index (κ1) is 11.1. The highest BCUT2D eigenvalue weighted by Crippen LogP contribution is 2.16. The first-order valence-corrected chi connectivity index (χ1v) is 5.66. The van der Waals surface area contributed by atoms with E-state index >= 15 is 0 Å². The van der Waals surface area contributed by atoms with Crippen molar-refractivity contribution in [2.75, 3.05) is 6.61 Å². The molecule has 0 aliphatic heterocycles. The molecule has 0 aliphatic rings. The Hall–Kier alpha value is -1.40. The fraction of sp³-hybridized carbons (Fsp3) is 0.222. The zero-order valence-corrected chi connectivity index (χ0v) is 9.84. The summed E-state index contributed by atoms with van der Waals surface area (Å²) < 4.78 is 6.06. The van der Waals surface area contributed by atoms with Gasteiger partial charge in [-0.25, -0.2) is 9.78 Å². The Morgan fingerprint density at radius 3 is 3.12 bits per heavy atom. The molecule has 7 heteroatoms. The van der Waals surface area contributed by atoms with E-state index < -0.39 is 11.5 Å². The standard InChI is InChI=1S/C9H7ClN2O3S/c1-2-15-8(14)6-4-12-7(13)5(10)3-11-9(12)16-6/h3-4H,2H2,1H3. The Labute approximate surface area is 99.3 Å². The summed E-state index contributed by atoms with van der Waals surface area (Å²) in [5, 5.41) is 0.0192. The summed E-state index contributed by atoms with van der Waals surface area (Å²) in [4.78, 5) is 27.7. The van der Waals surface area contributed by atoms with Gasteiger partial charge in [0.25, 0.3) is 5.56 Å². The molecular formula is C9H7ClN2O3S. The van der Waals surface area contributed by atoms with E-state index in [9.17, 15) is 9.59 Å². The number of thiazole rings is 1. The van der Waals surface area contributed by atoms with Crippen molar-refractivity contribution in [3.8, 4) is 0 Å². The number of hydrogen-bond donors (Lipinski definition) is 0. The molecule has 0 bridgehead atoms. The minimum absolute atomic E-state index is 0.0192. The first-order valence-electron chi connectivity index (χ1n) is 4.47. The maximum absolute atomic E-state index is 11.6. The van der Waals surface area contributed by atoms with Crippen molar-refractivity contribution in [1.29, 1.82) is 0 Å². The van der Waals surface area contributed by atoms with Gasteiger partial charge in [-0.15, -0.1) is 0 Å². The van der Waals surface area contributed by atoms with E-state index in [-0.39, 0.29) is 11.6 Å². The predicted octanol–water partition coefficient (Wildman–Crippen LogP) is 1.59. The highest BCUT2D eigenvalue weighted by molar-refractivity contribution is 7.18. The minimum atomic E-state index is -0.464. The molecule has 2 rings (SSSR count). The van der Waals surface area contributed by atoms with Crippen LogP contribution in [-0.4, -0.2) is 22.0 Å². The lowest BCUT2D eigenvalue weighted by Crippen LogP contribution is -2.12. The summed E-state index contributed by atoms with van der Waals surface area (Å²) in [5.74, 6) is -0.464. The third-order valence-corrected chi connectivity index (χ3v) is 3.08. The summed E-state index contributed by atoms with van der Waals surface area (Å²) in [7, 11) is 0. The van der Waals surface area contributed by atoms with Crippen LogP contribution in [0.25, 0.3) is 4.96 Å². The summed E-state index contributed by atoms with van der Waals surface area (Å²) in [6, 6.07) is 0. The number of fused-ring (bicyclic) bond motifs is 1. The Balaban J connectivity index is 2.56. The molecule has 0 aliphatic carbocycles. The molecule has 0 amide bonds. The smallest absolute Gasteiger partial charge is 0.349 e. The van der Waals surface area contributed by atoms with E-state index in [1.165, 1.54) is 16.8 Å². The number of carbonyl (C=O) groups is 1. The molecule has 0 saturated carbocycles. The van der Waals surface area contributed by atoms with Crippen LogP contribution in [0, 0.1) is 0 Å². The lowest BCUT2D eigenvalue weighted by Gasteiger charge is -1.95. The molecule has 0 saturated heterocycles. The second-order valence-corrected chi connectivity index (χ2v) is 4.30. The topological polar surface area (TPSA) is 60.7 Å². The molecule has 2 aromatic heterocycles. The summed E-state index contributed by atoms with van der Waals surface area (Å²) >= 11 is 6.72. The molecule has 0 unspecified atom stereocenters. The molecule has 5 nitrogen and oxygen atoms in total. The van der Waals surface area contributed by atoms with E-state index in [0.29, 0.717) is 9.84 Å². The molecule has 0 aromatic carbocycles. The van der Waals surface area contributed by atoms with Crippen molar-refractivity contribution in [2.45, 2.75) is 6.92 Å². The third-order valence-electron chi connectivity index (χ3n) is 1.84. The molecular weight excluding hydrogens is 252 g/mol. The molecule has 2 aromatic rings. The molecule has 84 valence electrons. The minimum Gasteiger partial charge on any atom is -0.462 e. The number of halogens is 1. The first-order chi connectivity index (χ1) is 7.63. The van der Waals surface area contributed by atoms with Crippen molar-refractivity contribution in [3.63, 3.8) is 0 Å². The summed E-state index contributed by atoms with van der Waals surface area (Å²) in [5.41, 5.74) is -0.390. The fourth-order valence-electron chi connectivity index (χ4n) is 1.16. The predicted molar refractivity (Wildman–Crippen MR) is 60.3 cm³/mol. The molecule has 16 heavy (non-hydrogen) atoms. The number of aromatic nitrogens is 2. The van der Waals surface area contributed by atoms with Gasteiger partial charge in [0, 0.05) is 6.20 Å². The van der Waals surface area contributed by atoms with Gasteiger partial charge in [-0.05, 0) is 6.92 Å². The zero-order valence-electron chi connectivity index (χ0n) is 8.27. The van der Waals surface area contributed by atoms with Crippen molar-refractivity contribution < 1.29 is 9.53 Å². The van der Waals surface area contributed by atoms with Gasteiger partial charge in [0.2, 0.25) is 0 Å². The zero-order chi connectivity index (χ0) is 11.7. The number of rotatable bonds is 2. The van der Waals surface area contributed by atoms with Crippen molar-refractivity contribution in [1.82, 2.24) is 9.38 Å². The van der Waals surface area contributed by atoms with Gasteiger partial charge in [0.1, 0.15) is 9.90 Å². The Kier molecular flexibility index (Phi) is 2.93. The van der Waals surface area contributed by atoms with Crippen LogP contribution in [0.5, 0.6) is 0 Å². The number of ether oxygens (including phenoxy) is 1. The highest BCUT2D eigenvalue weighted by atomic mass is 35.5. The van der Waals surface area contributed by atoms with Crippen LogP contribution in [0.15, 0.2) is 17.2 Å². The lowest BCUT2D eigenvalue weighted by molar-refractivity contribution is 0.0531. The largest absolute Gasteiger partial charge is 0.462 e. The Morgan fingerprint density at radius 1 is 1.69 bits per heavy atom. The average molecular weight is 259 g/mol. The van der Waals surface area contributed by atoms with E-state index in [1.54, 1.807) is 6.92 Å². The van der Waals surface area contributed by atoms with Crippen molar-refractivity contribution >= 4 is 33.9 Å². The molecule has 0 fully saturated rings. The van der Waals surface area contributed by atoms with Gasteiger partial charge >= 0.3 is 5.97 Å². The van der Waals surface area contributed by atoms with Crippen LogP contribution in [-0.2, 0) is 4.74 Å². The third kappa shape index (κ3) is 1.81. The van der Waals surface area contributed by atoms with Gasteiger partial charge in [0.15, 0.2) is 4.96 Å². The number of hydrogen-bond acceptors (Lipinski definition) is 5. The number of nitrogens with zero attached hydrogens (tertiary/aromatic N) is 2. The fourth-order valence-corrected chi connectivity index (χ4v) is 2.14. The maximum atomic E-state index is 11.6. The van der Waals surface area contributed by atoms with Gasteiger partial charge in [-0.2, -0.15) is 0 Å². The van der Waals surface area contributed by atoms with Gasteiger partial charge in [0.05, 0.1) is 12.8 Å². The normalized spacial score (nSPS) is 10.6. The van der Waals surface area contributed by atoms with E-state index in [0.717, 1.165) is 11.3 Å². The van der Waals surface area contributed by atoms with Crippen LogP contribution < -0.4 is 5.56 Å². The van der Waals surface area contributed by atoms with Crippen molar-refractivity contribution in [2.24, 2.45) is 0 Å². The van der Waals surface area contributed by atoms with E-state index in [1.807, 2.05) is 0 Å². The van der Waals surface area contributed by atoms with Crippen molar-refractivity contribution in [3.05, 3.63) is 32.6 Å². The molecule has 0 N–H and O–H groups in total. The van der Waals surface area contributed by atoms with Crippen LogP contribution >= 0.6 is 22.9 Å². The quantitative estimate of drug-likeness (QED) is 0.768. The molecule has 0 spiro atoms. The van der Waals surface area contributed by atoms with Gasteiger partial charge < -0.3 is 4.74 Å². The number of esters is 1. The second kappa shape index (κ2) is 4.23. The van der Waals surface area contributed by atoms with Crippen LogP contribution in [0.1, 0.15) is 16.6 Å². The molecule has 2 heterocycles. The lowest BCUT2D eigenvalue weighted by atomic mass is 10.5. The second-order valence-electron chi connectivity index (χ2n) is 2.88. The highest BCUT2D eigenvalue weighted by Gasteiger charge is 2.13.